The molecule has 2 bridgehead atoms. The Balaban J connectivity index is 1.39. The van der Waals surface area contributed by atoms with Gasteiger partial charge in [-0.05, 0) is 18.6 Å². The van der Waals surface area contributed by atoms with Crippen molar-refractivity contribution in [3.63, 3.8) is 0 Å². The number of urea groups is 1. The van der Waals surface area contributed by atoms with Gasteiger partial charge < -0.3 is 14.3 Å². The smallest absolute Gasteiger partial charge is 0.332 e. The zero-order valence-electron chi connectivity index (χ0n) is 16.5. The Kier molecular flexibility index (Phi) is 3.67. The maximum Gasteiger partial charge on any atom is 0.332 e. The monoisotopic (exact) mass is 433 g/mol. The molecule has 3 aliphatic heterocycles. The number of fused-ring (bicyclic) bond motifs is 6. The van der Waals surface area contributed by atoms with Gasteiger partial charge in [-0.3, -0.25) is 19.7 Å². The summed E-state index contributed by atoms with van der Waals surface area (Å²) in [4.78, 5) is 54.7. The van der Waals surface area contributed by atoms with Crippen LogP contribution in [0.4, 0.5) is 16.2 Å². The topological polar surface area (TPSA) is 130 Å². The van der Waals surface area contributed by atoms with E-state index >= 15 is 0 Å². The van der Waals surface area contributed by atoms with Gasteiger partial charge in [0.2, 0.25) is 5.76 Å². The second-order valence-corrected chi connectivity index (χ2v) is 8.01. The quantitative estimate of drug-likeness (QED) is 0.351. The maximum absolute atomic E-state index is 13.5. The van der Waals surface area contributed by atoms with E-state index in [9.17, 15) is 24.5 Å². The molecule has 4 heterocycles. The van der Waals surface area contributed by atoms with Crippen molar-refractivity contribution >= 4 is 40.0 Å². The number of amides is 4. The van der Waals surface area contributed by atoms with Crippen molar-refractivity contribution in [3.05, 3.63) is 64.5 Å². The Labute approximate surface area is 179 Å². The standard InChI is InChI=1S/C21H15N5O6/c27-19(17-7-8-22-32-17)23-10-11-9-16(23)18-20(28)25(21(29)24(11)18)14-5-6-15(26(30)31)13-4-2-1-3-12(13)14/h1-8,11,16,18H,9-10H2. The largest absolute Gasteiger partial charge is 0.351 e. The number of anilines is 1. The van der Waals surface area contributed by atoms with E-state index in [1.807, 2.05) is 0 Å². The van der Waals surface area contributed by atoms with Gasteiger partial charge in [-0.25, -0.2) is 9.69 Å². The third-order valence-corrected chi connectivity index (χ3v) is 6.49. The van der Waals surface area contributed by atoms with Crippen molar-refractivity contribution in [2.24, 2.45) is 0 Å². The zero-order valence-corrected chi connectivity index (χ0v) is 16.5. The molecule has 0 saturated carbocycles. The number of hydrogen-bond acceptors (Lipinski definition) is 7. The number of benzene rings is 2. The van der Waals surface area contributed by atoms with Crippen LogP contribution in [0.3, 0.4) is 0 Å². The van der Waals surface area contributed by atoms with Crippen molar-refractivity contribution in [1.29, 1.82) is 0 Å². The molecule has 3 fully saturated rings. The molecule has 4 amide bonds. The highest BCUT2D eigenvalue weighted by atomic mass is 16.6. The Morgan fingerprint density at radius 3 is 2.62 bits per heavy atom. The molecule has 3 unspecified atom stereocenters. The van der Waals surface area contributed by atoms with Crippen LogP contribution in [0.5, 0.6) is 0 Å². The molecule has 160 valence electrons. The highest BCUT2D eigenvalue weighted by molar-refractivity contribution is 6.25. The lowest BCUT2D eigenvalue weighted by Gasteiger charge is -2.34. The van der Waals surface area contributed by atoms with E-state index in [-0.39, 0.29) is 23.4 Å². The van der Waals surface area contributed by atoms with Gasteiger partial charge in [0.25, 0.3) is 17.5 Å². The summed E-state index contributed by atoms with van der Waals surface area (Å²) < 4.78 is 4.97. The van der Waals surface area contributed by atoms with Crippen LogP contribution in [-0.2, 0) is 4.79 Å². The second-order valence-electron chi connectivity index (χ2n) is 8.01. The Morgan fingerprint density at radius 1 is 1.12 bits per heavy atom. The van der Waals surface area contributed by atoms with Crippen LogP contribution in [0.15, 0.2) is 53.2 Å². The molecule has 3 aromatic rings. The molecule has 0 spiro atoms. The first-order valence-corrected chi connectivity index (χ1v) is 10.0. The minimum absolute atomic E-state index is 0.0825. The predicted molar refractivity (Wildman–Crippen MR) is 109 cm³/mol. The number of hydrogen-bond donors (Lipinski definition) is 0. The number of piperazine rings is 1. The maximum atomic E-state index is 13.5. The average Bonchev–Trinajstić information content (AvgIpc) is 3.57. The molecule has 3 aliphatic rings. The summed E-state index contributed by atoms with van der Waals surface area (Å²) in [5, 5.41) is 15.8. The molecule has 0 radical (unpaired) electrons. The molecule has 1 aromatic heterocycles. The van der Waals surface area contributed by atoms with Gasteiger partial charge in [0, 0.05) is 24.1 Å². The number of nitrogens with zero attached hydrogens (tertiary/aromatic N) is 5. The molecule has 6 rings (SSSR count). The van der Waals surface area contributed by atoms with Crippen molar-refractivity contribution in [2.45, 2.75) is 24.5 Å². The van der Waals surface area contributed by atoms with Crippen LogP contribution in [0.1, 0.15) is 17.0 Å². The van der Waals surface area contributed by atoms with E-state index in [0.29, 0.717) is 29.4 Å². The number of carbonyl (C=O) groups is 3. The Bertz CT molecular complexity index is 1320. The fourth-order valence-electron chi connectivity index (χ4n) is 5.20. The van der Waals surface area contributed by atoms with Crippen LogP contribution in [0, 0.1) is 10.1 Å². The number of imide groups is 1. The second kappa shape index (κ2) is 6.36. The van der Waals surface area contributed by atoms with E-state index in [1.54, 1.807) is 29.2 Å². The van der Waals surface area contributed by atoms with E-state index in [1.165, 1.54) is 29.3 Å². The minimum atomic E-state index is -0.804. The van der Waals surface area contributed by atoms with Gasteiger partial charge in [-0.2, -0.15) is 0 Å². The molecule has 3 saturated heterocycles. The minimum Gasteiger partial charge on any atom is -0.351 e. The molecule has 3 atom stereocenters. The Hall–Kier alpha value is -4.28. The number of aromatic nitrogens is 1. The predicted octanol–water partition coefficient (Wildman–Crippen LogP) is 2.17. The van der Waals surface area contributed by atoms with E-state index in [2.05, 4.69) is 5.16 Å². The third-order valence-electron chi connectivity index (χ3n) is 6.49. The van der Waals surface area contributed by atoms with E-state index in [0.717, 1.165) is 4.90 Å². The van der Waals surface area contributed by atoms with Crippen molar-refractivity contribution < 1.29 is 23.8 Å². The van der Waals surface area contributed by atoms with Gasteiger partial charge in [0.1, 0.15) is 6.04 Å². The molecular formula is C21H15N5O6. The number of non-ortho nitro benzene ring substituents is 1. The van der Waals surface area contributed by atoms with Crippen molar-refractivity contribution in [3.8, 4) is 0 Å². The molecule has 0 aliphatic carbocycles. The first-order valence-electron chi connectivity index (χ1n) is 10.0. The third kappa shape index (κ3) is 2.30. The molecule has 2 aromatic carbocycles. The van der Waals surface area contributed by atoms with Gasteiger partial charge in [0.15, 0.2) is 0 Å². The van der Waals surface area contributed by atoms with Gasteiger partial charge >= 0.3 is 6.03 Å². The normalized spacial score (nSPS) is 24.0. The molecule has 11 nitrogen and oxygen atoms in total. The van der Waals surface area contributed by atoms with Gasteiger partial charge in [0.05, 0.1) is 34.3 Å². The first kappa shape index (κ1) is 18.5. The van der Waals surface area contributed by atoms with Crippen LogP contribution < -0.4 is 4.90 Å². The van der Waals surface area contributed by atoms with Crippen molar-refractivity contribution in [2.75, 3.05) is 11.4 Å². The Morgan fingerprint density at radius 2 is 1.91 bits per heavy atom. The SMILES string of the molecule is O=C1C2C3CC(CN3C(=O)c3ccno3)N2C(=O)N1c1ccc([N+](=O)[O-])c2ccccc12. The molecule has 32 heavy (non-hydrogen) atoms. The number of nitro benzene ring substituents is 1. The summed E-state index contributed by atoms with van der Waals surface area (Å²) in [6.45, 7) is 0.300. The molecule has 0 N–H and O–H groups in total. The van der Waals surface area contributed by atoms with Gasteiger partial charge in [-0.1, -0.05) is 23.4 Å². The van der Waals surface area contributed by atoms with Crippen LogP contribution in [0.25, 0.3) is 10.8 Å². The van der Waals surface area contributed by atoms with Crippen LogP contribution in [0.2, 0.25) is 0 Å². The average molecular weight is 433 g/mol. The fourth-order valence-corrected chi connectivity index (χ4v) is 5.20. The zero-order chi connectivity index (χ0) is 22.1. The number of nitro groups is 1. The van der Waals surface area contributed by atoms with E-state index in [4.69, 9.17) is 4.52 Å². The fraction of sp³-hybridized carbons (Fsp3) is 0.238. The summed E-state index contributed by atoms with van der Waals surface area (Å²) in [6, 6.07) is 8.75. The number of rotatable bonds is 3. The lowest BCUT2D eigenvalue weighted by Crippen LogP contribution is -2.54. The summed E-state index contributed by atoms with van der Waals surface area (Å²) in [5.74, 6) is -0.732. The van der Waals surface area contributed by atoms with Crippen molar-refractivity contribution in [1.82, 2.24) is 15.0 Å². The first-order chi connectivity index (χ1) is 15.5. The molecular weight excluding hydrogens is 418 g/mol. The lowest BCUT2D eigenvalue weighted by atomic mass is 10.0. The highest BCUT2D eigenvalue weighted by Crippen LogP contribution is 2.44. The highest BCUT2D eigenvalue weighted by Gasteiger charge is 2.63. The van der Waals surface area contributed by atoms with E-state index < -0.39 is 28.9 Å². The number of likely N-dealkylation sites (tertiary alicyclic amines) is 1. The summed E-state index contributed by atoms with van der Waals surface area (Å²) >= 11 is 0. The molecule has 11 heteroatoms. The van der Waals surface area contributed by atoms with Crippen LogP contribution in [-0.4, -0.2) is 62.4 Å². The summed E-state index contributed by atoms with van der Waals surface area (Å²) in [7, 11) is 0. The van der Waals surface area contributed by atoms with Gasteiger partial charge in [-0.15, -0.1) is 0 Å². The summed E-state index contributed by atoms with van der Waals surface area (Å²) in [6.07, 6.45) is 1.89. The summed E-state index contributed by atoms with van der Waals surface area (Å²) in [5.41, 5.74) is 0.191. The lowest BCUT2D eigenvalue weighted by molar-refractivity contribution is -0.383. The number of carbonyl (C=O) groups excluding carboxylic acids is 3. The van der Waals surface area contributed by atoms with Crippen LogP contribution >= 0.6 is 0 Å².